The fourth-order valence-electron chi connectivity index (χ4n) is 1.54. The molecular weight excluding hydrogens is 230 g/mol. The van der Waals surface area contributed by atoms with Crippen LogP contribution in [0.5, 0.6) is 0 Å². The Labute approximate surface area is 105 Å². The minimum atomic E-state index is -0.872. The highest BCUT2D eigenvalue weighted by Crippen LogP contribution is 2.08. The maximum atomic E-state index is 13.0. The third-order valence-electron chi connectivity index (χ3n) is 2.63. The van der Waals surface area contributed by atoms with Crippen LogP contribution in [0.25, 0.3) is 0 Å². The summed E-state index contributed by atoms with van der Waals surface area (Å²) in [6.07, 6.45) is 0.983. The van der Waals surface area contributed by atoms with Gasteiger partial charge in [0.1, 0.15) is 0 Å². The van der Waals surface area contributed by atoms with Crippen molar-refractivity contribution in [2.75, 3.05) is 0 Å². The van der Waals surface area contributed by atoms with Crippen molar-refractivity contribution in [2.24, 2.45) is 0 Å². The van der Waals surface area contributed by atoms with Crippen LogP contribution >= 0.6 is 0 Å². The van der Waals surface area contributed by atoms with E-state index in [0.29, 0.717) is 5.56 Å². The Kier molecular flexibility index (Phi) is 3.74. The van der Waals surface area contributed by atoms with E-state index >= 15 is 0 Å². The number of halogens is 2. The smallest absolute Gasteiger partial charge is 0.160 e. The van der Waals surface area contributed by atoms with Gasteiger partial charge >= 0.3 is 0 Å². The molecule has 0 unspecified atom stereocenters. The highest BCUT2D eigenvalue weighted by atomic mass is 19.2. The van der Waals surface area contributed by atoms with E-state index in [1.807, 2.05) is 24.3 Å². The van der Waals surface area contributed by atoms with E-state index in [4.69, 9.17) is 0 Å². The molecule has 2 aromatic rings. The zero-order valence-electron chi connectivity index (χ0n) is 10.0. The normalized spacial score (nSPS) is 9.72. The van der Waals surface area contributed by atoms with Crippen LogP contribution in [0, 0.1) is 23.5 Å². The lowest BCUT2D eigenvalue weighted by Crippen LogP contribution is -1.85. The first kappa shape index (κ1) is 12.3. The van der Waals surface area contributed by atoms with Crippen molar-refractivity contribution in [3.05, 3.63) is 70.8 Å². The molecule has 0 N–H and O–H groups in total. The molecule has 0 aliphatic rings. The van der Waals surface area contributed by atoms with Crippen LogP contribution in [0.4, 0.5) is 8.78 Å². The Morgan fingerprint density at radius 2 is 1.44 bits per heavy atom. The molecule has 0 saturated heterocycles. The molecule has 0 spiro atoms. The summed E-state index contributed by atoms with van der Waals surface area (Å²) in [6, 6.07) is 11.5. The van der Waals surface area contributed by atoms with Crippen molar-refractivity contribution < 1.29 is 8.78 Å². The van der Waals surface area contributed by atoms with E-state index in [2.05, 4.69) is 18.8 Å². The van der Waals surface area contributed by atoms with Crippen LogP contribution in [0.15, 0.2) is 42.5 Å². The van der Waals surface area contributed by atoms with E-state index in [1.54, 1.807) is 0 Å². The lowest BCUT2D eigenvalue weighted by Gasteiger charge is -1.95. The number of benzene rings is 2. The topological polar surface area (TPSA) is 0 Å². The Morgan fingerprint density at radius 3 is 2.06 bits per heavy atom. The second-order valence-electron chi connectivity index (χ2n) is 3.93. The van der Waals surface area contributed by atoms with Gasteiger partial charge in [0, 0.05) is 11.1 Å². The molecule has 2 heteroatoms. The Morgan fingerprint density at radius 1 is 0.833 bits per heavy atom. The van der Waals surface area contributed by atoms with Gasteiger partial charge in [-0.1, -0.05) is 30.9 Å². The van der Waals surface area contributed by atoms with Crippen LogP contribution < -0.4 is 0 Å². The zero-order chi connectivity index (χ0) is 13.0. The van der Waals surface area contributed by atoms with Gasteiger partial charge in [-0.25, -0.2) is 8.78 Å². The Hall–Kier alpha value is -2.14. The molecule has 2 rings (SSSR count). The third kappa shape index (κ3) is 2.95. The molecule has 0 saturated carbocycles. The van der Waals surface area contributed by atoms with E-state index in [9.17, 15) is 8.78 Å². The van der Waals surface area contributed by atoms with Gasteiger partial charge in [-0.2, -0.15) is 0 Å². The van der Waals surface area contributed by atoms with Gasteiger partial charge in [0.05, 0.1) is 0 Å². The largest absolute Gasteiger partial charge is 0.204 e. The van der Waals surface area contributed by atoms with Gasteiger partial charge in [-0.3, -0.25) is 0 Å². The monoisotopic (exact) mass is 242 g/mol. The molecule has 0 aliphatic heterocycles. The molecule has 0 atom stereocenters. The number of aryl methyl sites for hydroxylation is 1. The Bertz CT molecular complexity index is 601. The van der Waals surface area contributed by atoms with Gasteiger partial charge in [0.15, 0.2) is 11.6 Å². The zero-order valence-corrected chi connectivity index (χ0v) is 10.0. The fourth-order valence-corrected chi connectivity index (χ4v) is 1.54. The van der Waals surface area contributed by atoms with Gasteiger partial charge in [-0.15, -0.1) is 0 Å². The summed E-state index contributed by atoms with van der Waals surface area (Å²) < 4.78 is 25.7. The molecule has 0 amide bonds. The van der Waals surface area contributed by atoms with Crippen molar-refractivity contribution in [2.45, 2.75) is 13.3 Å². The van der Waals surface area contributed by atoms with Gasteiger partial charge in [0.2, 0.25) is 0 Å². The van der Waals surface area contributed by atoms with Gasteiger partial charge in [-0.05, 0) is 42.3 Å². The molecule has 0 aromatic heterocycles. The summed E-state index contributed by atoms with van der Waals surface area (Å²) in [5.41, 5.74) is 2.57. The number of hydrogen-bond acceptors (Lipinski definition) is 0. The van der Waals surface area contributed by atoms with Crippen molar-refractivity contribution in [3.8, 4) is 11.8 Å². The highest BCUT2D eigenvalue weighted by Gasteiger charge is 1.99. The van der Waals surface area contributed by atoms with E-state index in [1.165, 1.54) is 11.6 Å². The number of hydrogen-bond donors (Lipinski definition) is 0. The fraction of sp³-hybridized carbons (Fsp3) is 0.125. The highest BCUT2D eigenvalue weighted by molar-refractivity contribution is 5.43. The summed E-state index contributed by atoms with van der Waals surface area (Å²) in [5, 5.41) is 0. The molecule has 0 bridgehead atoms. The van der Waals surface area contributed by atoms with Crippen LogP contribution in [0.1, 0.15) is 23.6 Å². The van der Waals surface area contributed by atoms with Crippen molar-refractivity contribution >= 4 is 0 Å². The van der Waals surface area contributed by atoms with Crippen LogP contribution in [-0.4, -0.2) is 0 Å². The van der Waals surface area contributed by atoms with Crippen molar-refractivity contribution in [3.63, 3.8) is 0 Å². The summed E-state index contributed by atoms with van der Waals surface area (Å²) in [5.74, 6) is 4.00. The summed E-state index contributed by atoms with van der Waals surface area (Å²) >= 11 is 0. The predicted molar refractivity (Wildman–Crippen MR) is 68.2 cm³/mol. The SMILES string of the molecule is CCc1ccc(C#Cc2ccc(F)c(F)c2)cc1. The molecule has 0 radical (unpaired) electrons. The molecule has 18 heavy (non-hydrogen) atoms. The molecule has 0 nitrogen and oxygen atoms in total. The second-order valence-corrected chi connectivity index (χ2v) is 3.93. The quantitative estimate of drug-likeness (QED) is 0.665. The summed E-state index contributed by atoms with van der Waals surface area (Å²) in [6.45, 7) is 2.09. The van der Waals surface area contributed by atoms with Crippen molar-refractivity contribution in [1.82, 2.24) is 0 Å². The first-order chi connectivity index (χ1) is 8.69. The molecule has 90 valence electrons. The van der Waals surface area contributed by atoms with E-state index in [-0.39, 0.29) is 0 Å². The Balaban J connectivity index is 2.22. The molecule has 0 heterocycles. The maximum Gasteiger partial charge on any atom is 0.160 e. The van der Waals surface area contributed by atoms with Crippen molar-refractivity contribution in [1.29, 1.82) is 0 Å². The van der Waals surface area contributed by atoms with Gasteiger partial charge in [0.25, 0.3) is 0 Å². The third-order valence-corrected chi connectivity index (χ3v) is 2.63. The second kappa shape index (κ2) is 5.46. The molecule has 0 fully saturated rings. The number of rotatable bonds is 1. The van der Waals surface area contributed by atoms with Gasteiger partial charge < -0.3 is 0 Å². The molecule has 0 aliphatic carbocycles. The lowest BCUT2D eigenvalue weighted by atomic mass is 10.1. The molecule has 2 aromatic carbocycles. The molecular formula is C16H12F2. The van der Waals surface area contributed by atoms with E-state index in [0.717, 1.165) is 24.1 Å². The van der Waals surface area contributed by atoms with Crippen LogP contribution in [-0.2, 0) is 6.42 Å². The summed E-state index contributed by atoms with van der Waals surface area (Å²) in [4.78, 5) is 0. The minimum absolute atomic E-state index is 0.466. The van der Waals surface area contributed by atoms with E-state index < -0.39 is 11.6 Å². The first-order valence-electron chi connectivity index (χ1n) is 5.75. The standard InChI is InChI=1S/C16H12F2/c1-2-12-3-5-13(6-4-12)7-8-14-9-10-15(17)16(18)11-14/h3-6,9-11H,2H2,1H3. The maximum absolute atomic E-state index is 13.0. The predicted octanol–water partition coefficient (Wildman–Crippen LogP) is 3.93. The summed E-state index contributed by atoms with van der Waals surface area (Å²) in [7, 11) is 0. The minimum Gasteiger partial charge on any atom is -0.204 e. The lowest BCUT2D eigenvalue weighted by molar-refractivity contribution is 0.508. The average molecular weight is 242 g/mol. The van der Waals surface area contributed by atoms with Crippen LogP contribution in [0.2, 0.25) is 0 Å². The van der Waals surface area contributed by atoms with Crippen LogP contribution in [0.3, 0.4) is 0 Å². The average Bonchev–Trinajstić information content (AvgIpc) is 2.41. The first-order valence-corrected chi connectivity index (χ1v) is 5.75.